The largest absolute Gasteiger partial charge is 0.465 e. The maximum atomic E-state index is 12.0. The summed E-state index contributed by atoms with van der Waals surface area (Å²) in [6, 6.07) is 21.9. The van der Waals surface area contributed by atoms with Gasteiger partial charge in [-0.3, -0.25) is 0 Å². The van der Waals surface area contributed by atoms with Crippen molar-refractivity contribution in [2.45, 2.75) is 6.92 Å². The van der Waals surface area contributed by atoms with Gasteiger partial charge in [-0.2, -0.15) is 0 Å². The van der Waals surface area contributed by atoms with Gasteiger partial charge in [-0.25, -0.2) is 4.79 Å². The molecule has 0 saturated heterocycles. The highest BCUT2D eigenvalue weighted by Crippen LogP contribution is 2.29. The Labute approximate surface area is 129 Å². The normalized spacial score (nSPS) is 10.5. The van der Waals surface area contributed by atoms with E-state index in [1.165, 1.54) is 7.11 Å². The number of nitrogens with zero attached hydrogens (tertiary/aromatic N) is 1. The third kappa shape index (κ3) is 2.42. The summed E-state index contributed by atoms with van der Waals surface area (Å²) in [4.78, 5) is 12.0. The van der Waals surface area contributed by atoms with Crippen molar-refractivity contribution in [2.75, 3.05) is 7.11 Å². The molecule has 2 aromatic carbocycles. The Kier molecular flexibility index (Phi) is 3.79. The number of rotatable bonds is 3. The average molecular weight is 291 g/mol. The number of methoxy groups -OCH3 is 1. The number of ether oxygens (including phenoxy) is 1. The lowest BCUT2D eigenvalue weighted by atomic mass is 10.1. The molecule has 1 heterocycles. The maximum Gasteiger partial charge on any atom is 0.339 e. The third-order valence-corrected chi connectivity index (χ3v) is 3.74. The number of hydrogen-bond acceptors (Lipinski definition) is 2. The van der Waals surface area contributed by atoms with Crippen LogP contribution in [0.2, 0.25) is 0 Å². The monoisotopic (exact) mass is 291 g/mol. The minimum atomic E-state index is -0.315. The van der Waals surface area contributed by atoms with E-state index in [2.05, 4.69) is 4.57 Å². The van der Waals surface area contributed by atoms with E-state index in [0.29, 0.717) is 5.56 Å². The molecule has 0 bridgehead atoms. The molecule has 0 amide bonds. The lowest BCUT2D eigenvalue weighted by Gasteiger charge is -2.12. The summed E-state index contributed by atoms with van der Waals surface area (Å²) in [6.07, 6.45) is 0. The first-order chi connectivity index (χ1) is 10.7. The molecule has 3 heteroatoms. The van der Waals surface area contributed by atoms with Crippen LogP contribution in [0.25, 0.3) is 16.9 Å². The molecule has 110 valence electrons. The van der Waals surface area contributed by atoms with E-state index < -0.39 is 0 Å². The highest BCUT2D eigenvalue weighted by molar-refractivity contribution is 5.93. The molecular weight excluding hydrogens is 274 g/mol. The summed E-state index contributed by atoms with van der Waals surface area (Å²) >= 11 is 0. The molecule has 0 spiro atoms. The maximum absolute atomic E-state index is 12.0. The van der Waals surface area contributed by atoms with Crippen molar-refractivity contribution in [1.29, 1.82) is 0 Å². The second-order valence-electron chi connectivity index (χ2n) is 5.06. The lowest BCUT2D eigenvalue weighted by Crippen LogP contribution is -2.04. The van der Waals surface area contributed by atoms with Gasteiger partial charge in [-0.05, 0) is 30.7 Å². The first-order valence-corrected chi connectivity index (χ1v) is 7.14. The molecule has 0 aliphatic carbocycles. The number of hydrogen-bond donors (Lipinski definition) is 0. The first-order valence-electron chi connectivity index (χ1n) is 7.14. The van der Waals surface area contributed by atoms with Crippen molar-refractivity contribution in [3.8, 4) is 16.9 Å². The summed E-state index contributed by atoms with van der Waals surface area (Å²) in [6.45, 7) is 1.94. The minimum absolute atomic E-state index is 0.315. The van der Waals surface area contributed by atoms with E-state index in [9.17, 15) is 4.79 Å². The topological polar surface area (TPSA) is 31.2 Å². The second kappa shape index (κ2) is 5.90. The molecule has 0 saturated carbocycles. The molecule has 0 radical (unpaired) electrons. The van der Waals surface area contributed by atoms with Crippen molar-refractivity contribution in [3.05, 3.63) is 78.0 Å². The van der Waals surface area contributed by atoms with Crippen LogP contribution in [0.1, 0.15) is 16.1 Å². The number of esters is 1. The van der Waals surface area contributed by atoms with Gasteiger partial charge in [0.15, 0.2) is 0 Å². The Morgan fingerprint density at radius 2 is 1.55 bits per heavy atom. The van der Waals surface area contributed by atoms with Gasteiger partial charge in [0, 0.05) is 11.4 Å². The van der Waals surface area contributed by atoms with Crippen LogP contribution in [-0.2, 0) is 4.74 Å². The van der Waals surface area contributed by atoms with Gasteiger partial charge in [0.2, 0.25) is 0 Å². The summed E-state index contributed by atoms with van der Waals surface area (Å²) in [5.41, 5.74) is 4.52. The van der Waals surface area contributed by atoms with Crippen LogP contribution in [0.3, 0.4) is 0 Å². The van der Waals surface area contributed by atoms with Crippen molar-refractivity contribution in [1.82, 2.24) is 4.57 Å². The van der Waals surface area contributed by atoms with Crippen molar-refractivity contribution in [2.24, 2.45) is 0 Å². The van der Waals surface area contributed by atoms with Crippen LogP contribution in [-0.4, -0.2) is 17.6 Å². The molecular formula is C19H17NO2. The van der Waals surface area contributed by atoms with Crippen molar-refractivity contribution < 1.29 is 9.53 Å². The van der Waals surface area contributed by atoms with E-state index in [0.717, 1.165) is 22.6 Å². The van der Waals surface area contributed by atoms with E-state index in [1.807, 2.05) is 73.7 Å². The second-order valence-corrected chi connectivity index (χ2v) is 5.06. The third-order valence-electron chi connectivity index (χ3n) is 3.74. The van der Waals surface area contributed by atoms with E-state index >= 15 is 0 Å². The van der Waals surface area contributed by atoms with Crippen LogP contribution < -0.4 is 0 Å². The number of aromatic nitrogens is 1. The van der Waals surface area contributed by atoms with Gasteiger partial charge >= 0.3 is 5.97 Å². The molecule has 3 nitrogen and oxygen atoms in total. The predicted molar refractivity (Wildman–Crippen MR) is 87.3 cm³/mol. The van der Waals surface area contributed by atoms with Crippen LogP contribution in [0.5, 0.6) is 0 Å². The summed E-state index contributed by atoms with van der Waals surface area (Å²) in [5, 5.41) is 0. The standard InChI is InChI=1S/C19H17NO2/c1-14-17(19(21)22-2)13-18(15-9-5-3-6-10-15)20(14)16-11-7-4-8-12-16/h3-13H,1-2H3. The SMILES string of the molecule is COC(=O)c1cc(-c2ccccc2)n(-c2ccccc2)c1C. The van der Waals surface area contributed by atoms with Crippen LogP contribution >= 0.6 is 0 Å². The summed E-state index contributed by atoms with van der Waals surface area (Å²) in [7, 11) is 1.41. The van der Waals surface area contributed by atoms with Gasteiger partial charge in [0.1, 0.15) is 0 Å². The van der Waals surface area contributed by atoms with Crippen LogP contribution in [0.4, 0.5) is 0 Å². The summed E-state index contributed by atoms with van der Waals surface area (Å²) < 4.78 is 6.99. The van der Waals surface area contributed by atoms with E-state index in [-0.39, 0.29) is 5.97 Å². The first kappa shape index (κ1) is 14.1. The molecule has 3 rings (SSSR count). The molecule has 0 N–H and O–H groups in total. The number of carbonyl (C=O) groups is 1. The molecule has 3 aromatic rings. The van der Waals surface area contributed by atoms with E-state index in [1.54, 1.807) is 0 Å². The smallest absolute Gasteiger partial charge is 0.339 e. The Hall–Kier alpha value is -2.81. The zero-order chi connectivity index (χ0) is 15.5. The van der Waals surface area contributed by atoms with Crippen molar-refractivity contribution >= 4 is 5.97 Å². The van der Waals surface area contributed by atoms with Gasteiger partial charge in [-0.15, -0.1) is 0 Å². The van der Waals surface area contributed by atoms with Gasteiger partial charge in [0.25, 0.3) is 0 Å². The number of para-hydroxylation sites is 1. The minimum Gasteiger partial charge on any atom is -0.465 e. The highest BCUT2D eigenvalue weighted by atomic mass is 16.5. The molecule has 0 aliphatic rings. The lowest BCUT2D eigenvalue weighted by molar-refractivity contribution is 0.0600. The Bertz CT molecular complexity index is 789. The zero-order valence-corrected chi connectivity index (χ0v) is 12.6. The molecule has 0 atom stereocenters. The number of carbonyl (C=O) groups excluding carboxylic acids is 1. The quantitative estimate of drug-likeness (QED) is 0.676. The van der Waals surface area contributed by atoms with Crippen LogP contribution in [0.15, 0.2) is 66.7 Å². The van der Waals surface area contributed by atoms with E-state index in [4.69, 9.17) is 4.74 Å². The Morgan fingerprint density at radius 3 is 2.14 bits per heavy atom. The molecule has 0 unspecified atom stereocenters. The van der Waals surface area contributed by atoms with Crippen LogP contribution in [0, 0.1) is 6.92 Å². The fourth-order valence-corrected chi connectivity index (χ4v) is 2.65. The molecule has 0 aliphatic heterocycles. The Morgan fingerprint density at radius 1 is 0.955 bits per heavy atom. The fraction of sp³-hybridized carbons (Fsp3) is 0.105. The fourth-order valence-electron chi connectivity index (χ4n) is 2.65. The molecule has 22 heavy (non-hydrogen) atoms. The molecule has 1 aromatic heterocycles. The van der Waals surface area contributed by atoms with Crippen molar-refractivity contribution in [3.63, 3.8) is 0 Å². The van der Waals surface area contributed by atoms with Gasteiger partial charge < -0.3 is 9.30 Å². The highest BCUT2D eigenvalue weighted by Gasteiger charge is 2.19. The Balaban J connectivity index is 2.26. The summed E-state index contributed by atoms with van der Waals surface area (Å²) in [5.74, 6) is -0.315. The predicted octanol–water partition coefficient (Wildman–Crippen LogP) is 4.24. The number of benzene rings is 2. The average Bonchev–Trinajstić information content (AvgIpc) is 2.93. The van der Waals surface area contributed by atoms with Gasteiger partial charge in [-0.1, -0.05) is 48.5 Å². The van der Waals surface area contributed by atoms with Gasteiger partial charge in [0.05, 0.1) is 18.4 Å². The zero-order valence-electron chi connectivity index (χ0n) is 12.6. The molecule has 0 fully saturated rings.